The maximum absolute atomic E-state index is 12.7. The normalized spacial score (nSPS) is 16.9. The van der Waals surface area contributed by atoms with Crippen LogP contribution < -0.4 is 15.0 Å². The summed E-state index contributed by atoms with van der Waals surface area (Å²) < 4.78 is 43.2. The molecule has 30 heavy (non-hydrogen) atoms. The fourth-order valence-corrected chi connectivity index (χ4v) is 3.62. The quantitative estimate of drug-likeness (QED) is 0.610. The van der Waals surface area contributed by atoms with Gasteiger partial charge in [0.1, 0.15) is 5.75 Å². The first kappa shape index (κ1) is 20.2. The molecule has 2 heterocycles. The highest BCUT2D eigenvalue weighted by Gasteiger charge is 2.30. The Bertz CT molecular complexity index is 952. The van der Waals surface area contributed by atoms with Crippen molar-refractivity contribution in [1.29, 1.82) is 0 Å². The van der Waals surface area contributed by atoms with E-state index in [1.54, 1.807) is 18.2 Å². The minimum absolute atomic E-state index is 0.178. The summed E-state index contributed by atoms with van der Waals surface area (Å²) in [5, 5.41) is 2.80. The summed E-state index contributed by atoms with van der Waals surface area (Å²) >= 11 is 0. The van der Waals surface area contributed by atoms with Crippen molar-refractivity contribution in [3.8, 4) is 5.75 Å². The van der Waals surface area contributed by atoms with Crippen LogP contribution in [0.1, 0.15) is 11.1 Å². The predicted octanol–water partition coefficient (Wildman–Crippen LogP) is 2.93. The fourth-order valence-electron chi connectivity index (χ4n) is 3.62. The van der Waals surface area contributed by atoms with Crippen LogP contribution >= 0.6 is 0 Å². The van der Waals surface area contributed by atoms with Crippen LogP contribution in [0, 0.1) is 0 Å². The molecule has 1 N–H and O–H groups in total. The van der Waals surface area contributed by atoms with Crippen molar-refractivity contribution in [2.45, 2.75) is 12.6 Å². The van der Waals surface area contributed by atoms with E-state index in [1.807, 2.05) is 9.80 Å². The fraction of sp³-hybridized carbons (Fsp3) is 0.333. The molecule has 2 aliphatic rings. The van der Waals surface area contributed by atoms with Crippen molar-refractivity contribution < 1.29 is 27.5 Å². The van der Waals surface area contributed by atoms with Gasteiger partial charge in [-0.3, -0.25) is 14.5 Å². The van der Waals surface area contributed by atoms with Crippen LogP contribution in [0.15, 0.2) is 42.5 Å². The molecule has 2 aromatic rings. The Labute approximate surface area is 171 Å². The Morgan fingerprint density at radius 1 is 1.03 bits per heavy atom. The SMILES string of the molecule is O=C(CN1CCN(c2ccc(C(F)(F)F)cc2)CC1)Nc1ccc2c(c1)OC(=O)C2. The predicted molar refractivity (Wildman–Crippen MR) is 105 cm³/mol. The first-order chi connectivity index (χ1) is 14.3. The topological polar surface area (TPSA) is 61.9 Å². The first-order valence-electron chi connectivity index (χ1n) is 9.56. The number of rotatable bonds is 4. The highest BCUT2D eigenvalue weighted by Crippen LogP contribution is 2.31. The summed E-state index contributed by atoms with van der Waals surface area (Å²) in [4.78, 5) is 27.7. The van der Waals surface area contributed by atoms with Crippen LogP contribution in [0.25, 0.3) is 0 Å². The number of piperazine rings is 1. The van der Waals surface area contributed by atoms with E-state index in [1.165, 1.54) is 12.1 Å². The van der Waals surface area contributed by atoms with Crippen molar-refractivity contribution in [3.05, 3.63) is 53.6 Å². The summed E-state index contributed by atoms with van der Waals surface area (Å²) in [7, 11) is 0. The Morgan fingerprint density at radius 3 is 2.40 bits per heavy atom. The van der Waals surface area contributed by atoms with Crippen molar-refractivity contribution in [1.82, 2.24) is 4.90 Å². The molecule has 0 unspecified atom stereocenters. The summed E-state index contributed by atoms with van der Waals surface area (Å²) in [6.07, 6.45) is -4.10. The highest BCUT2D eigenvalue weighted by atomic mass is 19.4. The third-order valence-corrected chi connectivity index (χ3v) is 5.21. The third-order valence-electron chi connectivity index (χ3n) is 5.21. The number of hydrogen-bond donors (Lipinski definition) is 1. The number of nitrogens with one attached hydrogen (secondary N) is 1. The van der Waals surface area contributed by atoms with Gasteiger partial charge in [0.2, 0.25) is 5.91 Å². The van der Waals surface area contributed by atoms with Crippen LogP contribution in [0.2, 0.25) is 0 Å². The lowest BCUT2D eigenvalue weighted by Gasteiger charge is -2.35. The van der Waals surface area contributed by atoms with E-state index in [0.29, 0.717) is 37.6 Å². The molecule has 9 heteroatoms. The van der Waals surface area contributed by atoms with E-state index in [4.69, 9.17) is 4.74 Å². The standard InChI is InChI=1S/C21H20F3N3O3/c22-21(23,24)15-2-5-17(6-3-15)27-9-7-26(8-10-27)13-19(28)25-16-4-1-14-11-20(29)30-18(14)12-16/h1-6,12H,7-11,13H2,(H,25,28). The Morgan fingerprint density at radius 2 is 1.73 bits per heavy atom. The lowest BCUT2D eigenvalue weighted by molar-refractivity contribution is -0.137. The van der Waals surface area contributed by atoms with Crippen LogP contribution in [0.3, 0.4) is 0 Å². The van der Waals surface area contributed by atoms with Gasteiger partial charge in [0, 0.05) is 49.2 Å². The summed E-state index contributed by atoms with van der Waals surface area (Å²) in [6, 6.07) is 10.3. The van der Waals surface area contributed by atoms with Crippen molar-refractivity contribution in [2.24, 2.45) is 0 Å². The molecule has 0 spiro atoms. The van der Waals surface area contributed by atoms with Crippen molar-refractivity contribution in [3.63, 3.8) is 0 Å². The highest BCUT2D eigenvalue weighted by molar-refractivity contribution is 5.93. The zero-order chi connectivity index (χ0) is 21.3. The van der Waals surface area contributed by atoms with Crippen molar-refractivity contribution >= 4 is 23.3 Å². The average molecular weight is 419 g/mol. The number of nitrogens with zero attached hydrogens (tertiary/aromatic N) is 2. The molecule has 0 aliphatic carbocycles. The lowest BCUT2D eigenvalue weighted by atomic mass is 10.1. The summed E-state index contributed by atoms with van der Waals surface area (Å²) in [6.45, 7) is 2.69. The number of alkyl halides is 3. The first-order valence-corrected chi connectivity index (χ1v) is 9.56. The minimum Gasteiger partial charge on any atom is -0.426 e. The average Bonchev–Trinajstić information content (AvgIpc) is 3.07. The second kappa shape index (κ2) is 7.98. The molecule has 158 valence electrons. The summed E-state index contributed by atoms with van der Waals surface area (Å²) in [5.41, 5.74) is 1.44. The number of ether oxygens (including phenoxy) is 1. The number of fused-ring (bicyclic) bond motifs is 1. The number of anilines is 2. The second-order valence-electron chi connectivity index (χ2n) is 7.33. The molecule has 1 saturated heterocycles. The smallest absolute Gasteiger partial charge is 0.416 e. The molecule has 2 aromatic carbocycles. The monoisotopic (exact) mass is 419 g/mol. The van der Waals surface area contributed by atoms with Gasteiger partial charge in [0.05, 0.1) is 18.5 Å². The Kier molecular flexibility index (Phi) is 5.38. The molecular formula is C21H20F3N3O3. The van der Waals surface area contributed by atoms with Crippen LogP contribution in [-0.4, -0.2) is 49.5 Å². The molecule has 0 bridgehead atoms. The van der Waals surface area contributed by atoms with E-state index < -0.39 is 11.7 Å². The molecule has 0 aromatic heterocycles. The molecule has 6 nitrogen and oxygen atoms in total. The van der Waals surface area contributed by atoms with E-state index in [0.717, 1.165) is 23.4 Å². The molecule has 4 rings (SSSR count). The molecule has 1 amide bonds. The Hall–Kier alpha value is -3.07. The number of benzene rings is 2. The molecule has 1 fully saturated rings. The number of halogens is 3. The molecule has 0 atom stereocenters. The van der Waals surface area contributed by atoms with E-state index in [2.05, 4.69) is 5.32 Å². The number of hydrogen-bond acceptors (Lipinski definition) is 5. The van der Waals surface area contributed by atoms with Crippen LogP contribution in [-0.2, 0) is 22.2 Å². The van der Waals surface area contributed by atoms with Gasteiger partial charge >= 0.3 is 12.1 Å². The van der Waals surface area contributed by atoms with Crippen molar-refractivity contribution in [2.75, 3.05) is 42.9 Å². The van der Waals surface area contributed by atoms with Gasteiger partial charge < -0.3 is 15.0 Å². The molecule has 0 saturated carbocycles. The largest absolute Gasteiger partial charge is 0.426 e. The molecule has 2 aliphatic heterocycles. The van der Waals surface area contributed by atoms with E-state index in [9.17, 15) is 22.8 Å². The summed E-state index contributed by atoms with van der Waals surface area (Å²) in [5.74, 6) is -0.00963. The van der Waals surface area contributed by atoms with Gasteiger partial charge in [-0.05, 0) is 30.3 Å². The van der Waals surface area contributed by atoms with Crippen LogP contribution in [0.4, 0.5) is 24.5 Å². The van der Waals surface area contributed by atoms with Gasteiger partial charge in [-0.15, -0.1) is 0 Å². The molecular weight excluding hydrogens is 399 g/mol. The maximum atomic E-state index is 12.7. The number of amides is 1. The zero-order valence-corrected chi connectivity index (χ0v) is 16.0. The second-order valence-corrected chi connectivity index (χ2v) is 7.33. The zero-order valence-electron chi connectivity index (χ0n) is 16.0. The van der Waals surface area contributed by atoms with Gasteiger partial charge in [-0.1, -0.05) is 6.07 Å². The van der Waals surface area contributed by atoms with Gasteiger partial charge in [-0.25, -0.2) is 0 Å². The number of carbonyl (C=O) groups is 2. The Balaban J connectivity index is 1.27. The number of esters is 1. The maximum Gasteiger partial charge on any atom is 0.416 e. The van der Waals surface area contributed by atoms with E-state index in [-0.39, 0.29) is 24.8 Å². The van der Waals surface area contributed by atoms with E-state index >= 15 is 0 Å². The van der Waals surface area contributed by atoms with Gasteiger partial charge in [-0.2, -0.15) is 13.2 Å². The van der Waals surface area contributed by atoms with Gasteiger partial charge in [0.25, 0.3) is 0 Å². The third kappa shape index (κ3) is 4.56. The number of carbonyl (C=O) groups excluding carboxylic acids is 2. The van der Waals surface area contributed by atoms with Crippen LogP contribution in [0.5, 0.6) is 5.75 Å². The minimum atomic E-state index is -4.34. The van der Waals surface area contributed by atoms with Gasteiger partial charge in [0.15, 0.2) is 0 Å². The lowest BCUT2D eigenvalue weighted by Crippen LogP contribution is -2.48. The molecule has 0 radical (unpaired) electrons.